The van der Waals surface area contributed by atoms with E-state index in [-0.39, 0.29) is 0 Å². The molecule has 5 rings (SSSR count). The lowest BCUT2D eigenvalue weighted by molar-refractivity contribution is 0.589. The van der Waals surface area contributed by atoms with Crippen molar-refractivity contribution in [3.05, 3.63) is 49.2 Å². The summed E-state index contributed by atoms with van der Waals surface area (Å²) in [6.07, 6.45) is 9.48. The van der Waals surface area contributed by atoms with Gasteiger partial charge in [-0.25, -0.2) is 14.5 Å². The molecule has 142 valence electrons. The minimum atomic E-state index is 0.503. The Morgan fingerprint density at radius 3 is 2.64 bits per heavy atom. The first-order valence-electron chi connectivity index (χ1n) is 9.28. The predicted octanol–water partition coefficient (Wildman–Crippen LogP) is 1.68. The number of aromatic nitrogens is 6. The van der Waals surface area contributed by atoms with Crippen LogP contribution in [0.4, 0.5) is 17.5 Å². The molecule has 9 nitrogen and oxygen atoms in total. The summed E-state index contributed by atoms with van der Waals surface area (Å²) in [6, 6.07) is 6.08. The molecule has 0 aromatic carbocycles. The van der Waals surface area contributed by atoms with E-state index in [4.69, 9.17) is 0 Å². The van der Waals surface area contributed by atoms with Gasteiger partial charge in [0.15, 0.2) is 0 Å². The molecule has 0 aliphatic carbocycles. The zero-order chi connectivity index (χ0) is 18.9. The second-order valence-corrected chi connectivity index (χ2v) is 6.85. The Kier molecular flexibility index (Phi) is 4.13. The number of piperazine rings is 1. The van der Waals surface area contributed by atoms with E-state index in [0.29, 0.717) is 5.95 Å². The quantitative estimate of drug-likeness (QED) is 0.561. The molecule has 0 saturated carbocycles. The predicted molar refractivity (Wildman–Crippen MR) is 108 cm³/mol. The average molecular weight is 375 g/mol. The molecule has 9 heteroatoms. The summed E-state index contributed by atoms with van der Waals surface area (Å²) in [4.78, 5) is 11.2. The van der Waals surface area contributed by atoms with Gasteiger partial charge >= 0.3 is 0 Å². The lowest BCUT2D eigenvalue weighted by Crippen LogP contribution is -2.43. The second kappa shape index (κ2) is 6.93. The van der Waals surface area contributed by atoms with Crippen molar-refractivity contribution in [2.75, 3.05) is 36.4 Å². The number of nitrogens with one attached hydrogen (secondary N) is 2. The van der Waals surface area contributed by atoms with Crippen LogP contribution in [0, 0.1) is 0 Å². The largest absolute Gasteiger partial charge is 0.368 e. The van der Waals surface area contributed by atoms with Gasteiger partial charge in [0, 0.05) is 56.7 Å². The Morgan fingerprint density at radius 1 is 1.00 bits per heavy atom. The van der Waals surface area contributed by atoms with Crippen LogP contribution in [-0.4, -0.2) is 55.5 Å². The van der Waals surface area contributed by atoms with E-state index in [0.717, 1.165) is 54.3 Å². The van der Waals surface area contributed by atoms with Gasteiger partial charge < -0.3 is 15.5 Å². The Hall–Kier alpha value is -3.46. The summed E-state index contributed by atoms with van der Waals surface area (Å²) in [6.45, 7) is 4.01. The summed E-state index contributed by atoms with van der Waals surface area (Å²) in [5.41, 5.74) is 4.16. The van der Waals surface area contributed by atoms with Crippen molar-refractivity contribution in [2.24, 2.45) is 7.05 Å². The fourth-order valence-corrected chi connectivity index (χ4v) is 3.38. The zero-order valence-electron chi connectivity index (χ0n) is 15.6. The molecule has 4 aromatic rings. The lowest BCUT2D eigenvalue weighted by atomic mass is 10.2. The molecule has 0 unspecified atom stereocenters. The van der Waals surface area contributed by atoms with Gasteiger partial charge in [-0.2, -0.15) is 5.10 Å². The molecular formula is C19H21N9. The van der Waals surface area contributed by atoms with Gasteiger partial charge in [0.1, 0.15) is 5.82 Å². The molecule has 0 radical (unpaired) electrons. The van der Waals surface area contributed by atoms with Crippen LogP contribution < -0.4 is 15.5 Å². The number of aryl methyl sites for hydroxylation is 1. The third-order valence-electron chi connectivity index (χ3n) is 4.86. The first-order valence-corrected chi connectivity index (χ1v) is 9.28. The normalized spacial score (nSPS) is 14.5. The summed E-state index contributed by atoms with van der Waals surface area (Å²) in [5, 5.41) is 15.3. The number of hydrogen-bond acceptors (Lipinski definition) is 7. The molecule has 0 spiro atoms. The SMILES string of the molecule is Cn1cc(-c2cc3cnc(Nc4ccc(N5CCNCC5)cn4)nn3c2)cn1. The van der Waals surface area contributed by atoms with Crippen molar-refractivity contribution in [3.8, 4) is 11.1 Å². The zero-order valence-corrected chi connectivity index (χ0v) is 15.6. The van der Waals surface area contributed by atoms with E-state index in [1.807, 2.05) is 48.5 Å². The first kappa shape index (κ1) is 16.7. The Morgan fingerprint density at radius 2 is 1.89 bits per heavy atom. The maximum Gasteiger partial charge on any atom is 0.246 e. The minimum Gasteiger partial charge on any atom is -0.368 e. The second-order valence-electron chi connectivity index (χ2n) is 6.85. The maximum absolute atomic E-state index is 4.54. The van der Waals surface area contributed by atoms with Crippen molar-refractivity contribution in [1.29, 1.82) is 0 Å². The van der Waals surface area contributed by atoms with Gasteiger partial charge in [-0.15, -0.1) is 5.10 Å². The molecule has 1 aliphatic heterocycles. The monoisotopic (exact) mass is 375 g/mol. The highest BCUT2D eigenvalue weighted by atomic mass is 15.3. The summed E-state index contributed by atoms with van der Waals surface area (Å²) < 4.78 is 3.60. The number of pyridine rings is 1. The number of nitrogens with zero attached hydrogens (tertiary/aromatic N) is 7. The van der Waals surface area contributed by atoms with Gasteiger partial charge in [0.2, 0.25) is 5.95 Å². The van der Waals surface area contributed by atoms with Gasteiger partial charge in [-0.05, 0) is 18.2 Å². The van der Waals surface area contributed by atoms with Crippen LogP contribution in [0.2, 0.25) is 0 Å². The average Bonchev–Trinajstić information content (AvgIpc) is 3.35. The number of anilines is 3. The van der Waals surface area contributed by atoms with Crippen molar-refractivity contribution in [1.82, 2.24) is 34.7 Å². The van der Waals surface area contributed by atoms with Crippen LogP contribution in [0.15, 0.2) is 49.2 Å². The molecule has 5 heterocycles. The molecule has 1 aliphatic rings. The van der Waals surface area contributed by atoms with Crippen molar-refractivity contribution >= 4 is 23.0 Å². The van der Waals surface area contributed by atoms with Crippen LogP contribution in [0.5, 0.6) is 0 Å². The van der Waals surface area contributed by atoms with E-state index in [2.05, 4.69) is 41.8 Å². The van der Waals surface area contributed by atoms with Crippen LogP contribution >= 0.6 is 0 Å². The summed E-state index contributed by atoms with van der Waals surface area (Å²) >= 11 is 0. The van der Waals surface area contributed by atoms with Crippen LogP contribution in [0.25, 0.3) is 16.6 Å². The standard InChI is InChI=1S/C19H21N9/c1-26-12-15(9-23-26)14-8-17-11-22-19(25-28(17)13-14)24-18-3-2-16(10-21-18)27-6-4-20-5-7-27/h2-3,8-13,20H,4-7H2,1H3,(H,21,24,25). The van der Waals surface area contributed by atoms with Crippen molar-refractivity contribution in [3.63, 3.8) is 0 Å². The van der Waals surface area contributed by atoms with Gasteiger partial charge in [0.25, 0.3) is 0 Å². The van der Waals surface area contributed by atoms with Crippen LogP contribution in [-0.2, 0) is 7.05 Å². The third-order valence-corrected chi connectivity index (χ3v) is 4.86. The van der Waals surface area contributed by atoms with E-state index in [1.54, 1.807) is 10.9 Å². The third kappa shape index (κ3) is 3.27. The van der Waals surface area contributed by atoms with Gasteiger partial charge in [0.05, 0.1) is 29.8 Å². The number of hydrogen-bond donors (Lipinski definition) is 2. The summed E-state index contributed by atoms with van der Waals surface area (Å²) in [7, 11) is 1.90. The molecule has 0 amide bonds. The first-order chi connectivity index (χ1) is 13.7. The fraction of sp³-hybridized carbons (Fsp3) is 0.263. The minimum absolute atomic E-state index is 0.503. The molecule has 0 bridgehead atoms. The van der Waals surface area contributed by atoms with E-state index >= 15 is 0 Å². The molecular weight excluding hydrogens is 354 g/mol. The smallest absolute Gasteiger partial charge is 0.246 e. The van der Waals surface area contributed by atoms with E-state index in [1.165, 1.54) is 0 Å². The Bertz CT molecular complexity index is 1090. The molecule has 2 N–H and O–H groups in total. The van der Waals surface area contributed by atoms with E-state index in [9.17, 15) is 0 Å². The highest BCUT2D eigenvalue weighted by Crippen LogP contribution is 2.22. The lowest BCUT2D eigenvalue weighted by Gasteiger charge is -2.29. The molecule has 4 aromatic heterocycles. The van der Waals surface area contributed by atoms with E-state index < -0.39 is 0 Å². The van der Waals surface area contributed by atoms with Gasteiger partial charge in [-0.1, -0.05) is 0 Å². The molecule has 1 saturated heterocycles. The molecule has 0 atom stereocenters. The van der Waals surface area contributed by atoms with Crippen LogP contribution in [0.1, 0.15) is 0 Å². The number of rotatable bonds is 4. The summed E-state index contributed by atoms with van der Waals surface area (Å²) in [5.74, 6) is 1.22. The number of fused-ring (bicyclic) bond motifs is 1. The highest BCUT2D eigenvalue weighted by molar-refractivity contribution is 5.68. The van der Waals surface area contributed by atoms with Crippen molar-refractivity contribution < 1.29 is 0 Å². The molecule has 28 heavy (non-hydrogen) atoms. The molecule has 1 fully saturated rings. The topological polar surface area (TPSA) is 88.2 Å². The Labute approximate surface area is 162 Å². The Balaban J connectivity index is 1.34. The van der Waals surface area contributed by atoms with Crippen molar-refractivity contribution in [2.45, 2.75) is 0 Å². The van der Waals surface area contributed by atoms with Crippen LogP contribution in [0.3, 0.4) is 0 Å². The van der Waals surface area contributed by atoms with Gasteiger partial charge in [-0.3, -0.25) is 4.68 Å². The fourth-order valence-electron chi connectivity index (χ4n) is 3.38. The highest BCUT2D eigenvalue weighted by Gasteiger charge is 2.11. The maximum atomic E-state index is 4.54.